The molecule has 0 saturated heterocycles. The smallest absolute Gasteiger partial charge is 0.273 e. The van der Waals surface area contributed by atoms with Gasteiger partial charge in [0.1, 0.15) is 17.1 Å². The Kier molecular flexibility index (Phi) is 6.26. The lowest BCUT2D eigenvalue weighted by atomic mass is 9.94. The minimum absolute atomic E-state index is 0.105. The van der Waals surface area contributed by atoms with E-state index in [0.29, 0.717) is 35.1 Å². The van der Waals surface area contributed by atoms with Crippen molar-refractivity contribution in [2.24, 2.45) is 0 Å². The van der Waals surface area contributed by atoms with Crippen LogP contribution in [0.1, 0.15) is 59.1 Å². The average molecular weight is 454 g/mol. The van der Waals surface area contributed by atoms with Crippen LogP contribution in [0.25, 0.3) is 11.3 Å². The zero-order valence-corrected chi connectivity index (χ0v) is 19.5. The molecule has 1 aliphatic heterocycles. The molecule has 1 unspecified atom stereocenters. The largest absolute Gasteiger partial charge is 0.507 e. The molecule has 1 amide bonds. The predicted octanol–water partition coefficient (Wildman–Crippen LogP) is 5.41. The monoisotopic (exact) mass is 453 g/mol. The van der Waals surface area contributed by atoms with E-state index in [1.807, 2.05) is 69.0 Å². The highest BCUT2D eigenvalue weighted by atomic mass is 35.5. The van der Waals surface area contributed by atoms with Crippen molar-refractivity contribution in [1.82, 2.24) is 15.1 Å². The van der Waals surface area contributed by atoms with Crippen LogP contribution in [0.3, 0.4) is 0 Å². The second-order valence-electron chi connectivity index (χ2n) is 8.56. The number of ether oxygens (including phenoxy) is 1. The molecule has 6 nitrogen and oxygen atoms in total. The second kappa shape index (κ2) is 8.96. The number of H-pyrrole nitrogens is 1. The maximum absolute atomic E-state index is 13.4. The minimum atomic E-state index is -0.331. The molecule has 3 aromatic rings. The van der Waals surface area contributed by atoms with Crippen LogP contribution >= 0.6 is 11.6 Å². The first kappa shape index (κ1) is 22.4. The van der Waals surface area contributed by atoms with Crippen molar-refractivity contribution >= 4 is 17.5 Å². The fourth-order valence-corrected chi connectivity index (χ4v) is 4.44. The Morgan fingerprint density at radius 2 is 1.94 bits per heavy atom. The van der Waals surface area contributed by atoms with Gasteiger partial charge in [0, 0.05) is 29.3 Å². The van der Waals surface area contributed by atoms with E-state index in [0.717, 1.165) is 28.7 Å². The number of phenols is 1. The minimum Gasteiger partial charge on any atom is -0.507 e. The highest BCUT2D eigenvalue weighted by Crippen LogP contribution is 2.45. The van der Waals surface area contributed by atoms with Crippen LogP contribution in [0.2, 0.25) is 5.02 Å². The van der Waals surface area contributed by atoms with Gasteiger partial charge in [-0.1, -0.05) is 29.8 Å². The Morgan fingerprint density at radius 3 is 2.62 bits per heavy atom. The van der Waals surface area contributed by atoms with Gasteiger partial charge < -0.3 is 14.7 Å². The molecule has 1 aliphatic rings. The van der Waals surface area contributed by atoms with E-state index in [4.69, 9.17) is 16.3 Å². The third kappa shape index (κ3) is 4.12. The summed E-state index contributed by atoms with van der Waals surface area (Å²) in [4.78, 5) is 15.2. The molecule has 2 N–H and O–H groups in total. The number of carbonyl (C=O) groups is 1. The van der Waals surface area contributed by atoms with Crippen molar-refractivity contribution in [3.63, 3.8) is 0 Å². The topological polar surface area (TPSA) is 78.5 Å². The SMILES string of the molecule is Cc1cc(C)c(O)c(-c2n[nH]c3c2C(c2ccc(Cl)cc2)N(CCCOC(C)C)C3=O)c1. The lowest BCUT2D eigenvalue weighted by Gasteiger charge is -2.26. The Bertz CT molecular complexity index is 1140. The molecule has 0 radical (unpaired) electrons. The third-order valence-electron chi connectivity index (χ3n) is 5.74. The predicted molar refractivity (Wildman–Crippen MR) is 125 cm³/mol. The maximum atomic E-state index is 13.4. The summed E-state index contributed by atoms with van der Waals surface area (Å²) >= 11 is 6.13. The van der Waals surface area contributed by atoms with Crippen LogP contribution < -0.4 is 0 Å². The molecule has 0 fully saturated rings. The van der Waals surface area contributed by atoms with E-state index >= 15 is 0 Å². The molecular formula is C25H28ClN3O3. The summed E-state index contributed by atoms with van der Waals surface area (Å²) in [5.41, 5.74) is 5.19. The number of aromatic hydroxyl groups is 1. The van der Waals surface area contributed by atoms with Gasteiger partial charge in [0.25, 0.3) is 5.91 Å². The van der Waals surface area contributed by atoms with E-state index in [2.05, 4.69) is 10.2 Å². The Morgan fingerprint density at radius 1 is 1.22 bits per heavy atom. The number of amides is 1. The maximum Gasteiger partial charge on any atom is 0.273 e. The van der Waals surface area contributed by atoms with Gasteiger partial charge in [0.15, 0.2) is 0 Å². The fraction of sp³-hybridized carbons (Fsp3) is 0.360. The van der Waals surface area contributed by atoms with Crippen LogP contribution in [0.5, 0.6) is 5.75 Å². The molecule has 1 aromatic heterocycles. The molecule has 0 bridgehead atoms. The molecule has 0 aliphatic carbocycles. The molecule has 2 aromatic carbocycles. The number of rotatable bonds is 7. The quantitative estimate of drug-likeness (QED) is 0.468. The summed E-state index contributed by atoms with van der Waals surface area (Å²) in [6, 6.07) is 11.0. The number of phenolic OH excluding ortho intramolecular Hbond substituents is 1. The van der Waals surface area contributed by atoms with Crippen molar-refractivity contribution in [2.75, 3.05) is 13.2 Å². The second-order valence-corrected chi connectivity index (χ2v) is 9.00. The lowest BCUT2D eigenvalue weighted by molar-refractivity contribution is 0.0601. The number of nitrogens with one attached hydrogen (secondary N) is 1. The van der Waals surface area contributed by atoms with Crippen molar-refractivity contribution in [2.45, 2.75) is 46.3 Å². The molecule has 32 heavy (non-hydrogen) atoms. The molecule has 0 saturated carbocycles. The van der Waals surface area contributed by atoms with Gasteiger partial charge in [0.05, 0.1) is 12.1 Å². The Labute approximate surface area is 193 Å². The van der Waals surface area contributed by atoms with Gasteiger partial charge in [-0.2, -0.15) is 5.10 Å². The number of hydrogen-bond acceptors (Lipinski definition) is 4. The molecule has 168 valence electrons. The number of halogens is 1. The van der Waals surface area contributed by atoms with E-state index in [-0.39, 0.29) is 23.8 Å². The van der Waals surface area contributed by atoms with Crippen molar-refractivity contribution in [3.05, 3.63) is 69.4 Å². The fourth-order valence-electron chi connectivity index (χ4n) is 4.32. The average Bonchev–Trinajstić information content (AvgIpc) is 3.28. The molecule has 0 spiro atoms. The van der Waals surface area contributed by atoms with Crippen LogP contribution in [0.4, 0.5) is 0 Å². The van der Waals surface area contributed by atoms with E-state index < -0.39 is 0 Å². The van der Waals surface area contributed by atoms with Gasteiger partial charge in [-0.05, 0) is 69.0 Å². The molecular weight excluding hydrogens is 426 g/mol. The Balaban J connectivity index is 1.79. The van der Waals surface area contributed by atoms with E-state index in [1.54, 1.807) is 0 Å². The number of nitrogens with zero attached hydrogens (tertiary/aromatic N) is 2. The zero-order chi connectivity index (χ0) is 23.0. The van der Waals surface area contributed by atoms with Crippen LogP contribution in [-0.2, 0) is 4.74 Å². The number of benzene rings is 2. The van der Waals surface area contributed by atoms with Crippen LogP contribution in [-0.4, -0.2) is 45.4 Å². The zero-order valence-electron chi connectivity index (χ0n) is 18.8. The first-order valence-electron chi connectivity index (χ1n) is 10.8. The van der Waals surface area contributed by atoms with Crippen molar-refractivity contribution in [3.8, 4) is 17.0 Å². The van der Waals surface area contributed by atoms with E-state index in [1.165, 1.54) is 0 Å². The lowest BCUT2D eigenvalue weighted by Crippen LogP contribution is -2.31. The first-order chi connectivity index (χ1) is 15.3. The van der Waals surface area contributed by atoms with Crippen molar-refractivity contribution < 1.29 is 14.6 Å². The number of carbonyl (C=O) groups excluding carboxylic acids is 1. The molecule has 1 atom stereocenters. The summed E-state index contributed by atoms with van der Waals surface area (Å²) in [6.07, 6.45) is 0.864. The van der Waals surface area contributed by atoms with E-state index in [9.17, 15) is 9.90 Å². The van der Waals surface area contributed by atoms with Gasteiger partial charge in [-0.3, -0.25) is 9.89 Å². The van der Waals surface area contributed by atoms with Gasteiger partial charge in [-0.25, -0.2) is 0 Å². The molecule has 7 heteroatoms. The number of aromatic amines is 1. The molecule has 2 heterocycles. The van der Waals surface area contributed by atoms with Gasteiger partial charge >= 0.3 is 0 Å². The van der Waals surface area contributed by atoms with Gasteiger partial charge in [0.2, 0.25) is 0 Å². The van der Waals surface area contributed by atoms with Crippen molar-refractivity contribution in [1.29, 1.82) is 0 Å². The third-order valence-corrected chi connectivity index (χ3v) is 6.00. The Hall–Kier alpha value is -2.83. The summed E-state index contributed by atoms with van der Waals surface area (Å²) in [5.74, 6) is 0.0723. The standard InChI is InChI=1S/C25H28ClN3O3/c1-14(2)32-11-5-10-29-23(17-6-8-18(26)9-7-17)20-21(27-28-22(20)25(29)31)19-13-15(3)12-16(4)24(19)30/h6-9,12-14,23,30H,5,10-11H2,1-4H3,(H,27,28). The number of aryl methyl sites for hydroxylation is 2. The highest BCUT2D eigenvalue weighted by Gasteiger charge is 2.42. The first-order valence-corrected chi connectivity index (χ1v) is 11.2. The summed E-state index contributed by atoms with van der Waals surface area (Å²) < 4.78 is 5.68. The highest BCUT2D eigenvalue weighted by molar-refractivity contribution is 6.30. The van der Waals surface area contributed by atoms with Crippen LogP contribution in [0.15, 0.2) is 36.4 Å². The number of hydrogen-bond donors (Lipinski definition) is 2. The normalized spacial score (nSPS) is 15.6. The summed E-state index contributed by atoms with van der Waals surface area (Å²) in [7, 11) is 0. The number of aromatic nitrogens is 2. The summed E-state index contributed by atoms with van der Waals surface area (Å²) in [5, 5.41) is 18.8. The van der Waals surface area contributed by atoms with Gasteiger partial charge in [-0.15, -0.1) is 0 Å². The number of fused-ring (bicyclic) bond motifs is 1. The van der Waals surface area contributed by atoms with Crippen LogP contribution in [0, 0.1) is 13.8 Å². The summed E-state index contributed by atoms with van der Waals surface area (Å²) in [6.45, 7) is 8.95. The molecule has 4 rings (SSSR count).